The number of benzene rings is 1. The minimum atomic E-state index is -0.620. The van der Waals surface area contributed by atoms with E-state index in [4.69, 9.17) is 21.4 Å². The normalized spacial score (nSPS) is 18.4. The molecular formula is C13H18ClNO3. The maximum atomic E-state index is 9.78. The molecule has 1 aliphatic carbocycles. The fourth-order valence-corrected chi connectivity index (χ4v) is 1.87. The number of halogens is 1. The lowest BCUT2D eigenvalue weighted by atomic mass is 10.2. The molecule has 1 saturated carbocycles. The summed E-state index contributed by atoms with van der Waals surface area (Å²) in [6.07, 6.45) is 1.30. The number of β-amino-alcohol motifs (C(OH)–C–C–N with tert-alkyl or cyclic N) is 1. The van der Waals surface area contributed by atoms with Gasteiger partial charge < -0.3 is 20.3 Å². The lowest BCUT2D eigenvalue weighted by molar-refractivity contribution is 0.0979. The Hall–Kier alpha value is -0.810. The third-order valence-corrected chi connectivity index (χ3v) is 3.45. The molecule has 2 rings (SSSR count). The van der Waals surface area contributed by atoms with Gasteiger partial charge in [0.15, 0.2) is 0 Å². The largest absolute Gasteiger partial charge is 0.489 e. The topological polar surface area (TPSA) is 61.7 Å². The van der Waals surface area contributed by atoms with Crippen LogP contribution in [0.5, 0.6) is 5.75 Å². The third-order valence-electron chi connectivity index (χ3n) is 3.14. The molecule has 1 aromatic carbocycles. The van der Waals surface area contributed by atoms with Crippen molar-refractivity contribution < 1.29 is 14.9 Å². The average molecular weight is 272 g/mol. The third kappa shape index (κ3) is 3.59. The Balaban J connectivity index is 1.72. The zero-order valence-corrected chi connectivity index (χ0v) is 10.9. The van der Waals surface area contributed by atoms with Gasteiger partial charge in [-0.15, -0.1) is 0 Å². The molecule has 1 atom stereocenters. The summed E-state index contributed by atoms with van der Waals surface area (Å²) < 4.78 is 5.43. The summed E-state index contributed by atoms with van der Waals surface area (Å²) in [5.74, 6) is 0.571. The smallest absolute Gasteiger partial charge is 0.138 e. The number of aliphatic hydroxyl groups is 2. The van der Waals surface area contributed by atoms with Crippen molar-refractivity contribution in [1.29, 1.82) is 0 Å². The van der Waals surface area contributed by atoms with Crippen LogP contribution in [0.15, 0.2) is 24.3 Å². The van der Waals surface area contributed by atoms with Gasteiger partial charge in [-0.2, -0.15) is 0 Å². The predicted octanol–water partition coefficient (Wildman–Crippen LogP) is 1.19. The van der Waals surface area contributed by atoms with Crippen LogP contribution in [0.25, 0.3) is 0 Å². The molecule has 0 aromatic heterocycles. The number of hydrogen-bond donors (Lipinski definition) is 3. The molecular weight excluding hydrogens is 254 g/mol. The number of aliphatic hydroxyl groups excluding tert-OH is 2. The molecule has 4 nitrogen and oxygen atoms in total. The predicted molar refractivity (Wildman–Crippen MR) is 70.0 cm³/mol. The van der Waals surface area contributed by atoms with Gasteiger partial charge in [-0.25, -0.2) is 0 Å². The van der Waals surface area contributed by atoms with Crippen molar-refractivity contribution in [2.24, 2.45) is 0 Å². The summed E-state index contributed by atoms with van der Waals surface area (Å²) in [4.78, 5) is 0. The van der Waals surface area contributed by atoms with Crippen LogP contribution in [-0.4, -0.2) is 41.6 Å². The Morgan fingerprint density at radius 3 is 2.72 bits per heavy atom. The van der Waals surface area contributed by atoms with Gasteiger partial charge >= 0.3 is 0 Å². The summed E-state index contributed by atoms with van der Waals surface area (Å²) in [5, 5.41) is 22.6. The highest BCUT2D eigenvalue weighted by Gasteiger charge is 2.41. The van der Waals surface area contributed by atoms with Crippen LogP contribution >= 0.6 is 11.6 Å². The molecule has 5 heteroatoms. The number of hydrogen-bond acceptors (Lipinski definition) is 4. The molecule has 1 fully saturated rings. The zero-order valence-electron chi connectivity index (χ0n) is 10.1. The lowest BCUT2D eigenvalue weighted by Gasteiger charge is -2.18. The monoisotopic (exact) mass is 271 g/mol. The van der Waals surface area contributed by atoms with E-state index < -0.39 is 6.10 Å². The van der Waals surface area contributed by atoms with Gasteiger partial charge in [0.1, 0.15) is 18.5 Å². The van der Waals surface area contributed by atoms with E-state index in [2.05, 4.69) is 5.32 Å². The van der Waals surface area contributed by atoms with E-state index in [1.54, 1.807) is 12.1 Å². The molecule has 1 aromatic rings. The first-order valence-corrected chi connectivity index (χ1v) is 6.44. The van der Waals surface area contributed by atoms with E-state index in [1.165, 1.54) is 0 Å². The molecule has 0 aliphatic heterocycles. The number of nitrogens with one attached hydrogen (secondary N) is 1. The molecule has 0 saturated heterocycles. The Morgan fingerprint density at radius 2 is 2.11 bits per heavy atom. The average Bonchev–Trinajstić information content (AvgIpc) is 3.16. The van der Waals surface area contributed by atoms with Gasteiger partial charge in [0.25, 0.3) is 0 Å². The SMILES string of the molecule is OCC1(NCC(O)COc2ccccc2Cl)CC1. The van der Waals surface area contributed by atoms with E-state index >= 15 is 0 Å². The highest BCUT2D eigenvalue weighted by molar-refractivity contribution is 6.32. The molecule has 0 heterocycles. The molecule has 0 radical (unpaired) electrons. The van der Waals surface area contributed by atoms with Crippen LogP contribution in [0.4, 0.5) is 0 Å². The van der Waals surface area contributed by atoms with Crippen LogP contribution in [0.2, 0.25) is 5.02 Å². The fraction of sp³-hybridized carbons (Fsp3) is 0.538. The second-order valence-electron chi connectivity index (χ2n) is 4.71. The molecule has 1 aliphatic rings. The van der Waals surface area contributed by atoms with Gasteiger partial charge in [-0.3, -0.25) is 0 Å². The van der Waals surface area contributed by atoms with Gasteiger partial charge in [-0.1, -0.05) is 23.7 Å². The van der Waals surface area contributed by atoms with Gasteiger partial charge in [0, 0.05) is 12.1 Å². The first-order valence-electron chi connectivity index (χ1n) is 6.06. The fourth-order valence-electron chi connectivity index (χ4n) is 1.68. The zero-order chi connectivity index (χ0) is 13.0. The van der Waals surface area contributed by atoms with Crippen LogP contribution in [-0.2, 0) is 0 Å². The highest BCUT2D eigenvalue weighted by Crippen LogP contribution is 2.34. The van der Waals surface area contributed by atoms with Crippen LogP contribution in [0.3, 0.4) is 0 Å². The summed E-state index contributed by atoms with van der Waals surface area (Å²) in [5.41, 5.74) is -0.161. The van der Waals surface area contributed by atoms with Gasteiger partial charge in [-0.05, 0) is 25.0 Å². The Morgan fingerprint density at radius 1 is 1.39 bits per heavy atom. The molecule has 100 valence electrons. The quantitative estimate of drug-likeness (QED) is 0.697. The highest BCUT2D eigenvalue weighted by atomic mass is 35.5. The molecule has 18 heavy (non-hydrogen) atoms. The van der Waals surface area contributed by atoms with E-state index in [9.17, 15) is 5.11 Å². The summed E-state index contributed by atoms with van der Waals surface area (Å²) in [6, 6.07) is 7.16. The van der Waals surface area contributed by atoms with Crippen LogP contribution in [0, 0.1) is 0 Å². The number of para-hydroxylation sites is 1. The molecule has 1 unspecified atom stereocenters. The number of rotatable bonds is 7. The van der Waals surface area contributed by atoms with Crippen molar-refractivity contribution in [3.63, 3.8) is 0 Å². The first-order chi connectivity index (χ1) is 8.65. The lowest BCUT2D eigenvalue weighted by Crippen LogP contribution is -2.41. The Labute approximate surface area is 112 Å². The van der Waals surface area contributed by atoms with E-state index in [-0.39, 0.29) is 18.8 Å². The second-order valence-corrected chi connectivity index (χ2v) is 5.12. The van der Waals surface area contributed by atoms with Crippen molar-refractivity contribution in [2.45, 2.75) is 24.5 Å². The van der Waals surface area contributed by atoms with E-state index in [1.807, 2.05) is 12.1 Å². The minimum Gasteiger partial charge on any atom is -0.489 e. The molecule has 0 amide bonds. The molecule has 0 bridgehead atoms. The van der Waals surface area contributed by atoms with Gasteiger partial charge in [0.2, 0.25) is 0 Å². The van der Waals surface area contributed by atoms with Crippen LogP contribution < -0.4 is 10.1 Å². The van der Waals surface area contributed by atoms with Crippen molar-refractivity contribution in [1.82, 2.24) is 5.32 Å². The van der Waals surface area contributed by atoms with E-state index in [0.717, 1.165) is 12.8 Å². The molecule has 0 spiro atoms. The van der Waals surface area contributed by atoms with Crippen molar-refractivity contribution in [2.75, 3.05) is 19.8 Å². The second kappa shape index (κ2) is 5.89. The van der Waals surface area contributed by atoms with Crippen LogP contribution in [0.1, 0.15) is 12.8 Å². The summed E-state index contributed by atoms with van der Waals surface area (Å²) in [7, 11) is 0. The Bertz CT molecular complexity index is 396. The summed E-state index contributed by atoms with van der Waals surface area (Å²) >= 11 is 5.93. The first kappa shape index (κ1) is 13.6. The summed E-state index contributed by atoms with van der Waals surface area (Å²) in [6.45, 7) is 0.703. The molecule has 3 N–H and O–H groups in total. The van der Waals surface area contributed by atoms with Crippen molar-refractivity contribution >= 4 is 11.6 Å². The van der Waals surface area contributed by atoms with Gasteiger partial charge in [0.05, 0.1) is 11.6 Å². The van der Waals surface area contributed by atoms with Crippen molar-refractivity contribution in [3.8, 4) is 5.75 Å². The maximum Gasteiger partial charge on any atom is 0.138 e. The minimum absolute atomic E-state index is 0.116. The Kier molecular flexibility index (Phi) is 4.45. The maximum absolute atomic E-state index is 9.78. The number of ether oxygens (including phenoxy) is 1. The standard InChI is InChI=1S/C13H18ClNO3/c14-11-3-1-2-4-12(11)18-8-10(17)7-15-13(9-16)5-6-13/h1-4,10,15-17H,5-9H2. The van der Waals surface area contributed by atoms with E-state index in [0.29, 0.717) is 17.3 Å². The van der Waals surface area contributed by atoms with Crippen molar-refractivity contribution in [3.05, 3.63) is 29.3 Å².